The molecule has 13 heavy (non-hydrogen) atoms. The van der Waals surface area contributed by atoms with Gasteiger partial charge >= 0.3 is 5.97 Å². The number of carbonyl (C=O) groups excluding carboxylic acids is 1. The Morgan fingerprint density at radius 1 is 1.38 bits per heavy atom. The molecule has 0 aliphatic heterocycles. The zero-order valence-electron chi connectivity index (χ0n) is 6.68. The Hall–Kier alpha value is -2.04. The molecule has 0 unspecified atom stereocenters. The Kier molecular flexibility index (Phi) is 4.71. The molecule has 1 aromatic carbocycles. The lowest BCUT2D eigenvalue weighted by atomic mass is 10.2. The summed E-state index contributed by atoms with van der Waals surface area (Å²) in [6.45, 7) is 0. The maximum absolute atomic E-state index is 10.3. The summed E-state index contributed by atoms with van der Waals surface area (Å²) in [5, 5.41) is 17.3. The van der Waals surface area contributed by atoms with Crippen molar-refractivity contribution >= 4 is 12.4 Å². The van der Waals surface area contributed by atoms with Crippen LogP contribution in [0.2, 0.25) is 0 Å². The largest absolute Gasteiger partial charge is 0.507 e. The highest BCUT2D eigenvalue weighted by molar-refractivity contribution is 5.90. The van der Waals surface area contributed by atoms with Crippen LogP contribution < -0.4 is 5.73 Å². The summed E-state index contributed by atoms with van der Waals surface area (Å²) in [6, 6.07) is 5.81. The molecule has 5 heteroatoms. The lowest BCUT2D eigenvalue weighted by Gasteiger charge is -1.95. The molecule has 0 spiro atoms. The van der Waals surface area contributed by atoms with Crippen molar-refractivity contribution in [2.24, 2.45) is 5.73 Å². The standard InChI is InChI=1S/C7H6O3.CH3NO/c8-6-4-2-1-3-5(6)7(9)10;2-1-3/h1-4,8H,(H,9,10);1H,(H2,2,3). The molecule has 1 rings (SSSR count). The summed E-state index contributed by atoms with van der Waals surface area (Å²) in [7, 11) is 0. The number of primary amides is 1. The van der Waals surface area contributed by atoms with Gasteiger partial charge in [0.25, 0.3) is 0 Å². The molecule has 0 aliphatic carbocycles. The van der Waals surface area contributed by atoms with Crippen LogP contribution in [0.3, 0.4) is 0 Å². The van der Waals surface area contributed by atoms with E-state index in [1.54, 1.807) is 12.1 Å². The molecular formula is C8H9NO4. The van der Waals surface area contributed by atoms with Crippen molar-refractivity contribution in [3.05, 3.63) is 29.8 Å². The third-order valence-electron chi connectivity index (χ3n) is 1.13. The summed E-state index contributed by atoms with van der Waals surface area (Å²) in [5.41, 5.74) is 4.10. The molecule has 0 aromatic heterocycles. The maximum atomic E-state index is 10.3. The van der Waals surface area contributed by atoms with Crippen LogP contribution >= 0.6 is 0 Å². The first-order chi connectivity index (χ1) is 6.13. The van der Waals surface area contributed by atoms with Crippen molar-refractivity contribution in [3.8, 4) is 5.75 Å². The third kappa shape index (κ3) is 3.76. The first kappa shape index (κ1) is 11.0. The first-order valence-corrected chi connectivity index (χ1v) is 3.30. The molecule has 0 atom stereocenters. The van der Waals surface area contributed by atoms with E-state index in [1.165, 1.54) is 12.1 Å². The Labute approximate surface area is 74.4 Å². The second kappa shape index (κ2) is 5.59. The number of carbonyl (C=O) groups is 2. The fourth-order valence-corrected chi connectivity index (χ4v) is 0.654. The van der Waals surface area contributed by atoms with Crippen molar-refractivity contribution in [2.45, 2.75) is 0 Å². The molecule has 0 saturated heterocycles. The second-order valence-electron chi connectivity index (χ2n) is 1.96. The summed E-state index contributed by atoms with van der Waals surface area (Å²) < 4.78 is 0. The van der Waals surface area contributed by atoms with Gasteiger partial charge in [-0.05, 0) is 12.1 Å². The van der Waals surface area contributed by atoms with Gasteiger partial charge in [-0.25, -0.2) is 4.79 Å². The predicted octanol–water partition coefficient (Wildman–Crippen LogP) is 0.192. The number of phenols is 1. The Balaban J connectivity index is 0.000000424. The molecule has 0 bridgehead atoms. The van der Waals surface area contributed by atoms with Crippen LogP contribution in [0.1, 0.15) is 10.4 Å². The van der Waals surface area contributed by atoms with Crippen LogP contribution in [0.25, 0.3) is 0 Å². The van der Waals surface area contributed by atoms with Crippen LogP contribution in [-0.2, 0) is 4.79 Å². The van der Waals surface area contributed by atoms with Gasteiger partial charge in [0, 0.05) is 0 Å². The van der Waals surface area contributed by atoms with Crippen LogP contribution in [0.4, 0.5) is 0 Å². The van der Waals surface area contributed by atoms with Gasteiger partial charge < -0.3 is 15.9 Å². The number of aromatic carboxylic acids is 1. The van der Waals surface area contributed by atoms with E-state index in [-0.39, 0.29) is 17.7 Å². The van der Waals surface area contributed by atoms with Gasteiger partial charge in [0.2, 0.25) is 6.41 Å². The van der Waals surface area contributed by atoms with Gasteiger partial charge in [0.1, 0.15) is 11.3 Å². The lowest BCUT2D eigenvalue weighted by Crippen LogP contribution is -1.95. The number of rotatable bonds is 1. The fourth-order valence-electron chi connectivity index (χ4n) is 0.654. The van der Waals surface area contributed by atoms with Crippen molar-refractivity contribution in [2.75, 3.05) is 0 Å². The Morgan fingerprint density at radius 3 is 2.15 bits per heavy atom. The summed E-state index contributed by atoms with van der Waals surface area (Å²) in [5.74, 6) is -1.31. The normalized spacial score (nSPS) is 8.00. The topological polar surface area (TPSA) is 101 Å². The number of hydrogen-bond acceptors (Lipinski definition) is 3. The highest BCUT2D eigenvalue weighted by Gasteiger charge is 2.05. The van der Waals surface area contributed by atoms with Crippen LogP contribution in [0.5, 0.6) is 5.75 Å². The lowest BCUT2D eigenvalue weighted by molar-refractivity contribution is -0.106. The smallest absolute Gasteiger partial charge is 0.339 e. The van der Waals surface area contributed by atoms with Gasteiger partial charge in [-0.1, -0.05) is 12.1 Å². The number of amides is 1. The predicted molar refractivity (Wildman–Crippen MR) is 45.3 cm³/mol. The summed E-state index contributed by atoms with van der Waals surface area (Å²) >= 11 is 0. The minimum Gasteiger partial charge on any atom is -0.507 e. The third-order valence-corrected chi connectivity index (χ3v) is 1.13. The molecule has 1 aromatic rings. The van der Waals surface area contributed by atoms with E-state index in [2.05, 4.69) is 5.73 Å². The van der Waals surface area contributed by atoms with Gasteiger partial charge in [0.05, 0.1) is 0 Å². The molecule has 0 aliphatic rings. The van der Waals surface area contributed by atoms with Gasteiger partial charge in [-0.15, -0.1) is 0 Å². The van der Waals surface area contributed by atoms with Crippen molar-refractivity contribution in [1.82, 2.24) is 0 Å². The van der Waals surface area contributed by atoms with Crippen LogP contribution in [0.15, 0.2) is 24.3 Å². The molecule has 0 heterocycles. The van der Waals surface area contributed by atoms with Gasteiger partial charge in [-0.3, -0.25) is 4.79 Å². The molecule has 0 radical (unpaired) electrons. The quantitative estimate of drug-likeness (QED) is 0.541. The van der Waals surface area contributed by atoms with E-state index in [0.29, 0.717) is 0 Å². The fraction of sp³-hybridized carbons (Fsp3) is 0. The maximum Gasteiger partial charge on any atom is 0.339 e. The minimum absolute atomic E-state index is 0.0671. The van der Waals surface area contributed by atoms with Crippen LogP contribution in [0, 0.1) is 0 Å². The average Bonchev–Trinajstić information content (AvgIpc) is 2.06. The van der Waals surface area contributed by atoms with Crippen molar-refractivity contribution < 1.29 is 19.8 Å². The number of hydrogen-bond donors (Lipinski definition) is 3. The van der Waals surface area contributed by atoms with E-state index in [1.807, 2.05) is 0 Å². The first-order valence-electron chi connectivity index (χ1n) is 3.30. The zero-order chi connectivity index (χ0) is 10.3. The number of nitrogens with two attached hydrogens (primary N) is 1. The molecule has 4 N–H and O–H groups in total. The SMILES string of the molecule is NC=O.O=C(O)c1ccccc1O. The van der Waals surface area contributed by atoms with Crippen LogP contribution in [-0.4, -0.2) is 22.6 Å². The zero-order valence-corrected chi connectivity index (χ0v) is 6.68. The highest BCUT2D eigenvalue weighted by Crippen LogP contribution is 2.14. The molecule has 5 nitrogen and oxygen atoms in total. The monoisotopic (exact) mass is 183 g/mol. The number of aromatic hydroxyl groups is 1. The van der Waals surface area contributed by atoms with E-state index in [9.17, 15) is 4.79 Å². The van der Waals surface area contributed by atoms with E-state index < -0.39 is 5.97 Å². The Morgan fingerprint density at radius 2 is 1.85 bits per heavy atom. The molecular weight excluding hydrogens is 174 g/mol. The second-order valence-corrected chi connectivity index (χ2v) is 1.96. The molecule has 70 valence electrons. The molecule has 0 fully saturated rings. The number of carboxylic acid groups (broad SMARTS) is 1. The number of benzene rings is 1. The highest BCUT2D eigenvalue weighted by atomic mass is 16.4. The average molecular weight is 183 g/mol. The number of carboxylic acids is 1. The van der Waals surface area contributed by atoms with Crippen molar-refractivity contribution in [3.63, 3.8) is 0 Å². The Bertz CT molecular complexity index is 298. The summed E-state index contributed by atoms with van der Waals surface area (Å²) in [6.07, 6.45) is 0.250. The molecule has 0 saturated carbocycles. The minimum atomic E-state index is -1.11. The van der Waals surface area contributed by atoms with E-state index >= 15 is 0 Å². The van der Waals surface area contributed by atoms with Crippen molar-refractivity contribution in [1.29, 1.82) is 0 Å². The molecule has 1 amide bonds. The van der Waals surface area contributed by atoms with Gasteiger partial charge in [0.15, 0.2) is 0 Å². The van der Waals surface area contributed by atoms with E-state index in [4.69, 9.17) is 15.0 Å². The number of para-hydroxylation sites is 1. The van der Waals surface area contributed by atoms with Gasteiger partial charge in [-0.2, -0.15) is 0 Å². The summed E-state index contributed by atoms with van der Waals surface area (Å²) in [4.78, 5) is 18.8. The van der Waals surface area contributed by atoms with E-state index in [0.717, 1.165) is 0 Å².